The van der Waals surface area contributed by atoms with Gasteiger partial charge in [0.2, 0.25) is 0 Å². The van der Waals surface area contributed by atoms with Crippen molar-refractivity contribution in [2.45, 2.75) is 6.42 Å². The molecule has 2 bridgehead atoms. The van der Waals surface area contributed by atoms with Crippen LogP contribution in [-0.2, 0) is 14.4 Å². The van der Waals surface area contributed by atoms with Gasteiger partial charge >= 0.3 is 0 Å². The predicted octanol–water partition coefficient (Wildman–Crippen LogP) is 2.75. The molecule has 3 fully saturated rings. The van der Waals surface area contributed by atoms with Crippen molar-refractivity contribution >= 4 is 52.1 Å². The molecule has 2 heterocycles. The SMILES string of the molecule is O=C1/C(=C\c2ccc(F)cc2)SC(=S)N1N1C(=O)[C@@H]2[C@@H](C1=O)[C@H]1C=C[C@H]2C1. The summed E-state index contributed by atoms with van der Waals surface area (Å²) in [5, 5.41) is 1.97. The van der Waals surface area contributed by atoms with Gasteiger partial charge in [-0.3, -0.25) is 14.4 Å². The van der Waals surface area contributed by atoms with Crippen LogP contribution in [0, 0.1) is 29.5 Å². The number of carbonyl (C=O) groups excluding carboxylic acids is 3. The Hall–Kier alpha value is -2.32. The minimum atomic E-state index is -0.503. The molecule has 27 heavy (non-hydrogen) atoms. The lowest BCUT2D eigenvalue weighted by Gasteiger charge is -2.25. The maximum absolute atomic E-state index is 13.1. The Morgan fingerprint density at radius 3 is 2.19 bits per heavy atom. The summed E-state index contributed by atoms with van der Waals surface area (Å²) in [6.45, 7) is 0. The number of thioether (sulfide) groups is 1. The van der Waals surface area contributed by atoms with E-state index in [0.29, 0.717) is 10.5 Å². The molecule has 2 aliphatic carbocycles. The van der Waals surface area contributed by atoms with Crippen LogP contribution in [0.4, 0.5) is 4.39 Å². The topological polar surface area (TPSA) is 57.7 Å². The fourth-order valence-corrected chi connectivity index (χ4v) is 5.67. The quantitative estimate of drug-likeness (QED) is 0.331. The molecule has 0 N–H and O–H groups in total. The lowest BCUT2D eigenvalue weighted by Crippen LogP contribution is -2.49. The number of carbonyl (C=O) groups is 3. The van der Waals surface area contributed by atoms with Gasteiger partial charge in [-0.2, -0.15) is 10.0 Å². The van der Waals surface area contributed by atoms with Crippen LogP contribution in [-0.4, -0.2) is 32.1 Å². The predicted molar refractivity (Wildman–Crippen MR) is 101 cm³/mol. The Balaban J connectivity index is 1.45. The van der Waals surface area contributed by atoms with Gasteiger partial charge < -0.3 is 0 Å². The van der Waals surface area contributed by atoms with Gasteiger partial charge in [-0.15, -0.1) is 0 Å². The molecule has 136 valence electrons. The summed E-state index contributed by atoms with van der Waals surface area (Å²) in [6, 6.07) is 5.68. The Bertz CT molecular complexity index is 942. The largest absolute Gasteiger partial charge is 0.285 e. The first kappa shape index (κ1) is 16.8. The van der Waals surface area contributed by atoms with Crippen LogP contribution in [0.5, 0.6) is 0 Å². The van der Waals surface area contributed by atoms with Crippen molar-refractivity contribution in [2.75, 3.05) is 0 Å². The van der Waals surface area contributed by atoms with Gasteiger partial charge in [0.15, 0.2) is 4.32 Å². The van der Waals surface area contributed by atoms with E-state index >= 15 is 0 Å². The highest BCUT2D eigenvalue weighted by molar-refractivity contribution is 8.26. The molecule has 5 nitrogen and oxygen atoms in total. The fraction of sp³-hybridized carbons (Fsp3) is 0.263. The van der Waals surface area contributed by atoms with E-state index in [1.54, 1.807) is 18.2 Å². The molecule has 4 aliphatic rings. The first-order valence-electron chi connectivity index (χ1n) is 8.55. The highest BCUT2D eigenvalue weighted by Gasteiger charge is 2.62. The van der Waals surface area contributed by atoms with Crippen LogP contribution in [0.3, 0.4) is 0 Å². The van der Waals surface area contributed by atoms with Crippen molar-refractivity contribution < 1.29 is 18.8 Å². The number of hydrogen-bond donors (Lipinski definition) is 0. The van der Waals surface area contributed by atoms with Gasteiger partial charge in [-0.1, -0.05) is 36.0 Å². The number of rotatable bonds is 2. The smallest absolute Gasteiger partial charge is 0.272 e. The number of fused-ring (bicyclic) bond motifs is 5. The van der Waals surface area contributed by atoms with Crippen molar-refractivity contribution in [3.05, 3.63) is 52.7 Å². The van der Waals surface area contributed by atoms with Gasteiger partial charge in [0.25, 0.3) is 17.7 Å². The van der Waals surface area contributed by atoms with Crippen molar-refractivity contribution in [1.82, 2.24) is 10.0 Å². The minimum absolute atomic E-state index is 0.0645. The van der Waals surface area contributed by atoms with Crippen molar-refractivity contribution in [2.24, 2.45) is 23.7 Å². The lowest BCUT2D eigenvalue weighted by molar-refractivity contribution is -0.159. The number of benzene rings is 1. The van der Waals surface area contributed by atoms with Gasteiger partial charge in [-0.05, 0) is 54.2 Å². The number of nitrogens with zero attached hydrogens (tertiary/aromatic N) is 2. The molecule has 0 unspecified atom stereocenters. The highest BCUT2D eigenvalue weighted by atomic mass is 32.2. The van der Waals surface area contributed by atoms with Crippen LogP contribution in [0.15, 0.2) is 41.3 Å². The minimum Gasteiger partial charge on any atom is -0.272 e. The second kappa shape index (κ2) is 5.84. The summed E-state index contributed by atoms with van der Waals surface area (Å²) in [4.78, 5) is 39.0. The molecule has 1 aromatic carbocycles. The second-order valence-electron chi connectivity index (χ2n) is 7.03. The number of halogens is 1. The number of allylic oxidation sites excluding steroid dienone is 2. The summed E-state index contributed by atoms with van der Waals surface area (Å²) in [7, 11) is 0. The molecule has 5 rings (SSSR count). The van der Waals surface area contributed by atoms with Gasteiger partial charge in [0.05, 0.1) is 16.7 Å². The summed E-state index contributed by atoms with van der Waals surface area (Å²) in [6.07, 6.45) is 6.40. The van der Waals surface area contributed by atoms with Gasteiger partial charge in [0, 0.05) is 0 Å². The molecule has 4 atom stereocenters. The third kappa shape index (κ3) is 2.36. The first-order valence-corrected chi connectivity index (χ1v) is 9.78. The molecular formula is C19H13FN2O3S2. The maximum Gasteiger partial charge on any atom is 0.285 e. The van der Waals surface area contributed by atoms with Crippen LogP contribution in [0.2, 0.25) is 0 Å². The van der Waals surface area contributed by atoms with Crippen molar-refractivity contribution in [3.8, 4) is 0 Å². The first-order chi connectivity index (χ1) is 13.0. The van der Waals surface area contributed by atoms with E-state index < -0.39 is 17.7 Å². The van der Waals surface area contributed by atoms with E-state index in [2.05, 4.69) is 0 Å². The Labute approximate surface area is 163 Å². The van der Waals surface area contributed by atoms with Gasteiger partial charge in [0.1, 0.15) is 5.82 Å². The number of thiocarbonyl (C=S) groups is 1. The molecule has 2 aliphatic heterocycles. The molecule has 1 saturated carbocycles. The summed E-state index contributed by atoms with van der Waals surface area (Å²) >= 11 is 6.32. The average Bonchev–Trinajstić information content (AvgIpc) is 3.37. The monoisotopic (exact) mass is 400 g/mol. The average molecular weight is 400 g/mol. The highest BCUT2D eigenvalue weighted by Crippen LogP contribution is 2.53. The molecule has 3 amide bonds. The van der Waals surface area contributed by atoms with Crippen molar-refractivity contribution in [1.29, 1.82) is 0 Å². The second-order valence-corrected chi connectivity index (χ2v) is 8.71. The van der Waals surface area contributed by atoms with E-state index in [9.17, 15) is 18.8 Å². The van der Waals surface area contributed by atoms with E-state index in [1.807, 2.05) is 12.2 Å². The third-order valence-corrected chi connectivity index (χ3v) is 6.87. The fourth-order valence-electron chi connectivity index (χ4n) is 4.43. The molecule has 0 aromatic heterocycles. The summed E-state index contributed by atoms with van der Waals surface area (Å²) in [5.41, 5.74) is 0.634. The molecular weight excluding hydrogens is 387 g/mol. The van der Waals surface area contributed by atoms with E-state index in [-0.39, 0.29) is 33.8 Å². The normalized spacial score (nSPS) is 33.1. The Morgan fingerprint density at radius 2 is 1.59 bits per heavy atom. The Kier molecular flexibility index (Phi) is 3.64. The number of hydrazine groups is 1. The number of imide groups is 1. The van der Waals surface area contributed by atoms with E-state index in [1.165, 1.54) is 12.1 Å². The van der Waals surface area contributed by atoms with Crippen LogP contribution in [0.25, 0.3) is 6.08 Å². The molecule has 2 saturated heterocycles. The summed E-state index contributed by atoms with van der Waals surface area (Å²) < 4.78 is 13.2. The number of hydrogen-bond acceptors (Lipinski definition) is 5. The zero-order valence-electron chi connectivity index (χ0n) is 13.9. The van der Waals surface area contributed by atoms with Crippen LogP contribution in [0.1, 0.15) is 12.0 Å². The van der Waals surface area contributed by atoms with E-state index in [4.69, 9.17) is 12.2 Å². The third-order valence-electron chi connectivity index (χ3n) is 5.59. The zero-order valence-corrected chi connectivity index (χ0v) is 15.5. The van der Waals surface area contributed by atoms with Crippen LogP contribution < -0.4 is 0 Å². The zero-order chi connectivity index (χ0) is 18.9. The summed E-state index contributed by atoms with van der Waals surface area (Å²) in [5.74, 6) is -2.22. The Morgan fingerprint density at radius 1 is 1.00 bits per heavy atom. The standard InChI is InChI=1S/C19H13FN2O3S2/c20-12-5-1-9(2-6-12)7-13-16(23)22(19(26)27-13)21-17(24)14-10-3-4-11(8-10)15(14)18(21)25/h1-7,10-11,14-15H,8H2/b13-7+/t10-,11-,14-,15-/m0/s1. The molecule has 0 radical (unpaired) electrons. The van der Waals surface area contributed by atoms with Gasteiger partial charge in [-0.25, -0.2) is 4.39 Å². The molecule has 0 spiro atoms. The number of amides is 3. The van der Waals surface area contributed by atoms with E-state index in [0.717, 1.165) is 28.2 Å². The van der Waals surface area contributed by atoms with Crippen molar-refractivity contribution in [3.63, 3.8) is 0 Å². The molecule has 1 aromatic rings. The molecule has 8 heteroatoms. The van der Waals surface area contributed by atoms with Crippen LogP contribution >= 0.6 is 24.0 Å². The lowest BCUT2D eigenvalue weighted by atomic mass is 9.85. The maximum atomic E-state index is 13.1.